The van der Waals surface area contributed by atoms with Gasteiger partial charge in [0.1, 0.15) is 11.5 Å². The quantitative estimate of drug-likeness (QED) is 0.520. The second-order valence-corrected chi connectivity index (χ2v) is 3.73. The van der Waals surface area contributed by atoms with Crippen LogP contribution in [0.25, 0.3) is 0 Å². The number of hydrogen-bond acceptors (Lipinski definition) is 4. The molecule has 0 saturated heterocycles. The molecule has 0 aliphatic heterocycles. The number of ketones is 1. The Balaban J connectivity index is 2.50. The molecule has 0 saturated carbocycles. The van der Waals surface area contributed by atoms with Gasteiger partial charge in [0.15, 0.2) is 5.78 Å². The maximum atomic E-state index is 11.6. The highest BCUT2D eigenvalue weighted by Crippen LogP contribution is 2.24. The van der Waals surface area contributed by atoms with Crippen molar-refractivity contribution in [2.75, 3.05) is 0 Å². The summed E-state index contributed by atoms with van der Waals surface area (Å²) in [7, 11) is 0. The number of carboxylic acid groups (broad SMARTS) is 1. The minimum atomic E-state index is -0.884. The minimum Gasteiger partial charge on any atom is -0.508 e. The highest BCUT2D eigenvalue weighted by molar-refractivity contribution is 5.98. The zero-order chi connectivity index (χ0) is 12.8. The minimum absolute atomic E-state index is 0.0365. The monoisotopic (exact) mass is 238 g/mol. The van der Waals surface area contributed by atoms with Gasteiger partial charge in [-0.25, -0.2) is 0 Å². The number of aliphatic carboxylic acids is 1. The fourth-order valence-electron chi connectivity index (χ4n) is 1.45. The molecule has 0 aliphatic carbocycles. The van der Waals surface area contributed by atoms with Crippen LogP contribution in [0.15, 0.2) is 18.2 Å². The average molecular weight is 238 g/mol. The van der Waals surface area contributed by atoms with Gasteiger partial charge in [0.05, 0.1) is 5.56 Å². The van der Waals surface area contributed by atoms with Gasteiger partial charge in [-0.05, 0) is 25.0 Å². The number of carbonyl (C=O) groups is 2. The van der Waals surface area contributed by atoms with Crippen LogP contribution < -0.4 is 0 Å². The molecule has 92 valence electrons. The van der Waals surface area contributed by atoms with Gasteiger partial charge >= 0.3 is 5.97 Å². The van der Waals surface area contributed by atoms with Crippen LogP contribution in [0, 0.1) is 0 Å². The van der Waals surface area contributed by atoms with E-state index < -0.39 is 5.97 Å². The van der Waals surface area contributed by atoms with E-state index in [2.05, 4.69) is 0 Å². The molecule has 0 radical (unpaired) electrons. The van der Waals surface area contributed by atoms with Crippen molar-refractivity contribution in [1.29, 1.82) is 0 Å². The molecule has 0 aliphatic rings. The van der Waals surface area contributed by atoms with Gasteiger partial charge in [0.2, 0.25) is 0 Å². The standard InChI is InChI=1S/C12H14O5/c13-8-5-6-9(11(15)7-8)10(14)3-1-2-4-12(16)17/h5-7,13,15H,1-4H2,(H,16,17). The highest BCUT2D eigenvalue weighted by Gasteiger charge is 2.11. The number of unbranched alkanes of at least 4 members (excludes halogenated alkanes) is 1. The van der Waals surface area contributed by atoms with Gasteiger partial charge in [-0.3, -0.25) is 9.59 Å². The van der Waals surface area contributed by atoms with Crippen molar-refractivity contribution in [3.63, 3.8) is 0 Å². The van der Waals surface area contributed by atoms with Gasteiger partial charge < -0.3 is 15.3 Å². The van der Waals surface area contributed by atoms with E-state index in [0.717, 1.165) is 6.07 Å². The van der Waals surface area contributed by atoms with Gasteiger partial charge in [0.25, 0.3) is 0 Å². The third-order valence-electron chi connectivity index (χ3n) is 2.33. The van der Waals surface area contributed by atoms with Crippen LogP contribution in [0.2, 0.25) is 0 Å². The summed E-state index contributed by atoms with van der Waals surface area (Å²) in [5.74, 6) is -1.50. The summed E-state index contributed by atoms with van der Waals surface area (Å²) in [5.41, 5.74) is 0.151. The SMILES string of the molecule is O=C(O)CCCCC(=O)c1ccc(O)cc1O. The zero-order valence-corrected chi connectivity index (χ0v) is 9.22. The van der Waals surface area contributed by atoms with Crippen molar-refractivity contribution >= 4 is 11.8 Å². The van der Waals surface area contributed by atoms with Crippen LogP contribution in [0.1, 0.15) is 36.0 Å². The van der Waals surface area contributed by atoms with Gasteiger partial charge in [-0.15, -0.1) is 0 Å². The van der Waals surface area contributed by atoms with Crippen molar-refractivity contribution in [2.45, 2.75) is 25.7 Å². The number of phenols is 2. The Hall–Kier alpha value is -2.04. The first-order chi connectivity index (χ1) is 8.00. The number of aromatic hydroxyl groups is 2. The number of Topliss-reactive ketones (excluding diaryl/α,β-unsaturated/α-hetero) is 1. The van der Waals surface area contributed by atoms with Crippen molar-refractivity contribution < 1.29 is 24.9 Å². The molecule has 1 aromatic carbocycles. The first-order valence-electron chi connectivity index (χ1n) is 5.27. The van der Waals surface area contributed by atoms with Crippen molar-refractivity contribution in [2.24, 2.45) is 0 Å². The summed E-state index contributed by atoms with van der Waals surface area (Å²) >= 11 is 0. The van der Waals surface area contributed by atoms with Crippen LogP contribution in [-0.2, 0) is 4.79 Å². The molecule has 0 amide bonds. The van der Waals surface area contributed by atoms with Gasteiger partial charge in [0, 0.05) is 18.9 Å². The molecule has 0 atom stereocenters. The predicted octanol–water partition coefficient (Wildman–Crippen LogP) is 1.93. The Morgan fingerprint density at radius 3 is 2.29 bits per heavy atom. The normalized spacial score (nSPS) is 10.1. The van der Waals surface area contributed by atoms with Crippen molar-refractivity contribution in [3.05, 3.63) is 23.8 Å². The predicted molar refractivity (Wildman–Crippen MR) is 60.2 cm³/mol. The lowest BCUT2D eigenvalue weighted by Gasteiger charge is -2.03. The summed E-state index contributed by atoms with van der Waals surface area (Å²) in [6, 6.07) is 3.78. The first-order valence-corrected chi connectivity index (χ1v) is 5.27. The van der Waals surface area contributed by atoms with E-state index in [1.54, 1.807) is 0 Å². The molecule has 17 heavy (non-hydrogen) atoms. The molecule has 0 unspecified atom stereocenters. The Labute approximate surface area is 98.3 Å². The fourth-order valence-corrected chi connectivity index (χ4v) is 1.45. The maximum Gasteiger partial charge on any atom is 0.303 e. The maximum absolute atomic E-state index is 11.6. The van der Waals surface area contributed by atoms with E-state index in [0.29, 0.717) is 12.8 Å². The van der Waals surface area contributed by atoms with Crippen LogP contribution in [0.3, 0.4) is 0 Å². The van der Waals surface area contributed by atoms with Gasteiger partial charge in [-0.2, -0.15) is 0 Å². The summed E-state index contributed by atoms with van der Waals surface area (Å²) in [6.45, 7) is 0. The highest BCUT2D eigenvalue weighted by atomic mass is 16.4. The Morgan fingerprint density at radius 1 is 1.06 bits per heavy atom. The number of phenolic OH excluding ortho intramolecular Hbond substituents is 2. The van der Waals surface area contributed by atoms with E-state index in [1.165, 1.54) is 12.1 Å². The molecular weight excluding hydrogens is 224 g/mol. The van der Waals surface area contributed by atoms with Crippen LogP contribution >= 0.6 is 0 Å². The molecule has 1 rings (SSSR count). The number of carbonyl (C=O) groups excluding carboxylic acids is 1. The summed E-state index contributed by atoms with van der Waals surface area (Å²) in [5, 5.41) is 26.9. The third kappa shape index (κ3) is 4.14. The largest absolute Gasteiger partial charge is 0.508 e. The summed E-state index contributed by atoms with van der Waals surface area (Å²) in [6.07, 6.45) is 1.12. The number of carboxylic acids is 1. The smallest absolute Gasteiger partial charge is 0.303 e. The van der Waals surface area contributed by atoms with E-state index >= 15 is 0 Å². The van der Waals surface area contributed by atoms with Crippen LogP contribution in [0.5, 0.6) is 11.5 Å². The molecule has 0 spiro atoms. The lowest BCUT2D eigenvalue weighted by Crippen LogP contribution is -2.00. The van der Waals surface area contributed by atoms with E-state index in [4.69, 9.17) is 10.2 Å². The molecule has 1 aromatic rings. The Morgan fingerprint density at radius 2 is 1.71 bits per heavy atom. The zero-order valence-electron chi connectivity index (χ0n) is 9.22. The molecule has 0 heterocycles. The van der Waals surface area contributed by atoms with Crippen molar-refractivity contribution in [3.8, 4) is 11.5 Å². The van der Waals surface area contributed by atoms with Gasteiger partial charge in [-0.1, -0.05) is 0 Å². The van der Waals surface area contributed by atoms with Crippen LogP contribution in [0.4, 0.5) is 0 Å². The second kappa shape index (κ2) is 5.89. The van der Waals surface area contributed by atoms with Crippen LogP contribution in [-0.4, -0.2) is 27.1 Å². The number of hydrogen-bond donors (Lipinski definition) is 3. The summed E-state index contributed by atoms with van der Waals surface area (Å²) in [4.78, 5) is 21.9. The molecular formula is C12H14O5. The number of benzene rings is 1. The molecule has 0 bridgehead atoms. The van der Waals surface area contributed by atoms with E-state index in [9.17, 15) is 14.7 Å². The van der Waals surface area contributed by atoms with E-state index in [-0.39, 0.29) is 35.7 Å². The Bertz CT molecular complexity index is 425. The lowest BCUT2D eigenvalue weighted by atomic mass is 10.0. The second-order valence-electron chi connectivity index (χ2n) is 3.73. The summed E-state index contributed by atoms with van der Waals surface area (Å²) < 4.78 is 0. The number of rotatable bonds is 6. The van der Waals surface area contributed by atoms with E-state index in [1.807, 2.05) is 0 Å². The molecule has 0 fully saturated rings. The molecule has 0 aromatic heterocycles. The Kier molecular flexibility index (Phi) is 4.51. The fraction of sp³-hybridized carbons (Fsp3) is 0.333. The lowest BCUT2D eigenvalue weighted by molar-refractivity contribution is -0.137. The van der Waals surface area contributed by atoms with Crippen molar-refractivity contribution in [1.82, 2.24) is 0 Å². The molecule has 3 N–H and O–H groups in total. The topological polar surface area (TPSA) is 94.8 Å². The average Bonchev–Trinajstić information content (AvgIpc) is 2.23. The first kappa shape index (κ1) is 13.0. The third-order valence-corrected chi connectivity index (χ3v) is 2.33. The molecule has 5 heteroatoms. The molecule has 5 nitrogen and oxygen atoms in total.